The van der Waals surface area contributed by atoms with E-state index in [2.05, 4.69) is 22.5 Å². The molecule has 0 saturated carbocycles. The van der Waals surface area contributed by atoms with Gasteiger partial charge in [-0.25, -0.2) is 4.98 Å². The maximum Gasteiger partial charge on any atom is 0.313 e. The normalized spacial score (nSPS) is 18.9. The highest BCUT2D eigenvalue weighted by Crippen LogP contribution is 2.34. The standard InChI is InChI=1S/C22H29N5O2/c1-4-15-11-18(12-25-20(15)23)26-21(28)22(29)27-13-14(2)5-10-19(27)16-6-8-17(24-3)9-7-16/h6-9,11-12,14,19,24H,4-5,10,13H2,1-3H3,(H2,23,25)(H,26,28)/t14-,19+/m0/s1. The van der Waals surface area contributed by atoms with E-state index in [0.29, 0.717) is 30.4 Å². The number of aryl methyl sites for hydroxylation is 1. The Labute approximate surface area is 171 Å². The molecule has 0 radical (unpaired) electrons. The first-order valence-electron chi connectivity index (χ1n) is 10.1. The smallest absolute Gasteiger partial charge is 0.313 e. The molecule has 2 heterocycles. The number of likely N-dealkylation sites (tertiary alicyclic amines) is 1. The molecule has 3 rings (SSSR count). The van der Waals surface area contributed by atoms with Crippen LogP contribution in [-0.2, 0) is 16.0 Å². The summed E-state index contributed by atoms with van der Waals surface area (Å²) in [4.78, 5) is 31.5. The molecule has 7 nitrogen and oxygen atoms in total. The number of amides is 2. The monoisotopic (exact) mass is 395 g/mol. The van der Waals surface area contributed by atoms with Gasteiger partial charge in [-0.2, -0.15) is 0 Å². The molecular formula is C22H29N5O2. The molecule has 1 fully saturated rings. The number of hydrogen-bond acceptors (Lipinski definition) is 5. The van der Waals surface area contributed by atoms with E-state index < -0.39 is 11.8 Å². The lowest BCUT2D eigenvalue weighted by Gasteiger charge is -2.38. The predicted octanol–water partition coefficient (Wildman–Crippen LogP) is 3.21. The Kier molecular flexibility index (Phi) is 6.36. The van der Waals surface area contributed by atoms with E-state index in [4.69, 9.17) is 5.73 Å². The first-order chi connectivity index (χ1) is 13.9. The lowest BCUT2D eigenvalue weighted by atomic mass is 9.89. The van der Waals surface area contributed by atoms with Gasteiger partial charge in [-0.3, -0.25) is 9.59 Å². The van der Waals surface area contributed by atoms with Crippen LogP contribution in [0.3, 0.4) is 0 Å². The summed E-state index contributed by atoms with van der Waals surface area (Å²) in [7, 11) is 1.87. The average molecular weight is 396 g/mol. The molecule has 1 aromatic heterocycles. The highest BCUT2D eigenvalue weighted by atomic mass is 16.2. The van der Waals surface area contributed by atoms with E-state index in [1.807, 2.05) is 38.2 Å². The molecule has 0 aliphatic carbocycles. The molecule has 1 aromatic carbocycles. The Bertz CT molecular complexity index is 881. The van der Waals surface area contributed by atoms with Crippen molar-refractivity contribution < 1.29 is 9.59 Å². The summed E-state index contributed by atoms with van der Waals surface area (Å²) in [6, 6.07) is 9.67. The van der Waals surface area contributed by atoms with Gasteiger partial charge in [0.15, 0.2) is 0 Å². The van der Waals surface area contributed by atoms with Gasteiger partial charge in [0.1, 0.15) is 5.82 Å². The van der Waals surface area contributed by atoms with E-state index >= 15 is 0 Å². The third-order valence-electron chi connectivity index (χ3n) is 5.50. The van der Waals surface area contributed by atoms with Gasteiger partial charge >= 0.3 is 11.8 Å². The number of nitrogens with two attached hydrogens (primary N) is 1. The number of nitrogen functional groups attached to an aromatic ring is 1. The van der Waals surface area contributed by atoms with E-state index in [9.17, 15) is 9.59 Å². The van der Waals surface area contributed by atoms with Crippen LogP contribution < -0.4 is 16.4 Å². The number of nitrogens with one attached hydrogen (secondary N) is 2. The number of hydrogen-bond donors (Lipinski definition) is 3. The van der Waals surface area contributed by atoms with Crippen molar-refractivity contribution in [1.82, 2.24) is 9.88 Å². The van der Waals surface area contributed by atoms with Gasteiger partial charge in [0, 0.05) is 19.3 Å². The maximum atomic E-state index is 13.0. The molecule has 4 N–H and O–H groups in total. The molecule has 2 atom stereocenters. The fourth-order valence-electron chi connectivity index (χ4n) is 3.78. The van der Waals surface area contributed by atoms with Crippen LogP contribution in [0.4, 0.5) is 17.2 Å². The van der Waals surface area contributed by atoms with Crippen LogP contribution in [0.1, 0.15) is 43.9 Å². The summed E-state index contributed by atoms with van der Waals surface area (Å²) < 4.78 is 0. The Morgan fingerprint density at radius 3 is 2.59 bits per heavy atom. The number of rotatable bonds is 4. The first kappa shape index (κ1) is 20.6. The zero-order chi connectivity index (χ0) is 21.0. The molecule has 2 aromatic rings. The van der Waals surface area contributed by atoms with Crippen molar-refractivity contribution in [2.24, 2.45) is 5.92 Å². The van der Waals surface area contributed by atoms with Crippen LogP contribution in [-0.4, -0.2) is 35.3 Å². The lowest BCUT2D eigenvalue weighted by Crippen LogP contribution is -2.46. The summed E-state index contributed by atoms with van der Waals surface area (Å²) in [5, 5.41) is 5.79. The fraction of sp³-hybridized carbons (Fsp3) is 0.409. The van der Waals surface area contributed by atoms with Crippen LogP contribution in [0.5, 0.6) is 0 Å². The molecule has 2 amide bonds. The van der Waals surface area contributed by atoms with Crippen molar-refractivity contribution >= 4 is 29.0 Å². The van der Waals surface area contributed by atoms with Crippen molar-refractivity contribution in [2.75, 3.05) is 30.0 Å². The van der Waals surface area contributed by atoms with Crippen LogP contribution in [0.25, 0.3) is 0 Å². The fourth-order valence-corrected chi connectivity index (χ4v) is 3.78. The molecule has 1 aliphatic heterocycles. The summed E-state index contributed by atoms with van der Waals surface area (Å²) in [5.41, 5.74) is 9.19. The van der Waals surface area contributed by atoms with E-state index in [1.165, 1.54) is 6.20 Å². The minimum atomic E-state index is -0.649. The Balaban J connectivity index is 1.78. The summed E-state index contributed by atoms with van der Waals surface area (Å²) in [5.74, 6) is -0.380. The minimum absolute atomic E-state index is 0.105. The quantitative estimate of drug-likeness (QED) is 0.690. The third kappa shape index (κ3) is 4.67. The van der Waals surface area contributed by atoms with Crippen molar-refractivity contribution in [1.29, 1.82) is 0 Å². The number of piperidine rings is 1. The third-order valence-corrected chi connectivity index (χ3v) is 5.50. The molecule has 7 heteroatoms. The van der Waals surface area contributed by atoms with Gasteiger partial charge in [-0.1, -0.05) is 26.0 Å². The summed E-state index contributed by atoms with van der Waals surface area (Å²) in [6.45, 7) is 4.63. The molecule has 0 spiro atoms. The van der Waals surface area contributed by atoms with E-state index in [-0.39, 0.29) is 6.04 Å². The number of pyridine rings is 1. The van der Waals surface area contributed by atoms with Crippen molar-refractivity contribution in [3.05, 3.63) is 47.7 Å². The topological polar surface area (TPSA) is 100 Å². The molecule has 1 saturated heterocycles. The Hall–Kier alpha value is -3.09. The maximum absolute atomic E-state index is 13.0. The van der Waals surface area contributed by atoms with Crippen molar-refractivity contribution in [3.8, 4) is 0 Å². The molecule has 29 heavy (non-hydrogen) atoms. The largest absolute Gasteiger partial charge is 0.388 e. The van der Waals surface area contributed by atoms with Gasteiger partial charge in [-0.05, 0) is 54.5 Å². The second kappa shape index (κ2) is 8.94. The highest BCUT2D eigenvalue weighted by Gasteiger charge is 2.34. The van der Waals surface area contributed by atoms with Gasteiger partial charge in [0.25, 0.3) is 0 Å². The minimum Gasteiger partial charge on any atom is -0.388 e. The highest BCUT2D eigenvalue weighted by molar-refractivity contribution is 6.39. The zero-order valence-corrected chi connectivity index (χ0v) is 17.2. The van der Waals surface area contributed by atoms with Gasteiger partial charge in [0.05, 0.1) is 17.9 Å². The van der Waals surface area contributed by atoms with Crippen LogP contribution in [0.2, 0.25) is 0 Å². The average Bonchev–Trinajstić information content (AvgIpc) is 2.74. The van der Waals surface area contributed by atoms with Gasteiger partial charge < -0.3 is 21.3 Å². The summed E-state index contributed by atoms with van der Waals surface area (Å²) >= 11 is 0. The first-order valence-corrected chi connectivity index (χ1v) is 10.1. The van der Waals surface area contributed by atoms with Crippen LogP contribution in [0.15, 0.2) is 36.5 Å². The Morgan fingerprint density at radius 2 is 1.93 bits per heavy atom. The number of carbonyl (C=O) groups is 2. The van der Waals surface area contributed by atoms with E-state index in [1.54, 1.807) is 11.0 Å². The Morgan fingerprint density at radius 1 is 1.21 bits per heavy atom. The molecule has 154 valence electrons. The number of aromatic nitrogens is 1. The molecule has 1 aliphatic rings. The van der Waals surface area contributed by atoms with Gasteiger partial charge in [0.2, 0.25) is 0 Å². The second-order valence-corrected chi connectivity index (χ2v) is 7.60. The van der Waals surface area contributed by atoms with Crippen LogP contribution >= 0.6 is 0 Å². The molecule has 0 bridgehead atoms. The van der Waals surface area contributed by atoms with E-state index in [0.717, 1.165) is 29.7 Å². The van der Waals surface area contributed by atoms with Crippen molar-refractivity contribution in [2.45, 2.75) is 39.2 Å². The SMILES string of the molecule is CCc1cc(NC(=O)C(=O)N2C[C@@H](C)CC[C@@H]2c2ccc(NC)cc2)cnc1N. The lowest BCUT2D eigenvalue weighted by molar-refractivity contribution is -0.146. The second-order valence-electron chi connectivity index (χ2n) is 7.60. The number of benzene rings is 1. The zero-order valence-electron chi connectivity index (χ0n) is 17.2. The molecule has 0 unspecified atom stereocenters. The van der Waals surface area contributed by atoms with Gasteiger partial charge in [-0.15, -0.1) is 0 Å². The van der Waals surface area contributed by atoms with Crippen LogP contribution in [0, 0.1) is 5.92 Å². The number of carbonyl (C=O) groups excluding carboxylic acids is 2. The summed E-state index contributed by atoms with van der Waals surface area (Å²) in [6.07, 6.45) is 4.03. The predicted molar refractivity (Wildman–Crippen MR) is 115 cm³/mol. The molecular weight excluding hydrogens is 366 g/mol. The van der Waals surface area contributed by atoms with Crippen molar-refractivity contribution in [3.63, 3.8) is 0 Å². The number of anilines is 3. The number of nitrogens with zero attached hydrogens (tertiary/aromatic N) is 2.